The summed E-state index contributed by atoms with van der Waals surface area (Å²) < 4.78 is 0. The molecule has 28 heavy (non-hydrogen) atoms. The van der Waals surface area contributed by atoms with Crippen molar-refractivity contribution in [2.75, 3.05) is 13.2 Å². The molecule has 0 aliphatic heterocycles. The van der Waals surface area contributed by atoms with Crippen LogP contribution in [0.2, 0.25) is 0 Å². The van der Waals surface area contributed by atoms with Crippen LogP contribution in [0.3, 0.4) is 0 Å². The summed E-state index contributed by atoms with van der Waals surface area (Å²) in [6.45, 7) is -0.180. The molecule has 0 saturated carbocycles. The topological polar surface area (TPSA) is 220 Å². The number of rotatable bonds is 11. The van der Waals surface area contributed by atoms with Crippen LogP contribution in [0.15, 0.2) is 12.5 Å². The number of aromatic nitrogens is 2. The number of carbonyl (C=O) groups is 4. The first-order valence-electron chi connectivity index (χ1n) is 8.27. The molecule has 0 aliphatic carbocycles. The van der Waals surface area contributed by atoms with Crippen LogP contribution in [-0.4, -0.2) is 86.4 Å². The number of hydrogen-bond acceptors (Lipinski definition) is 8. The third-order valence-corrected chi connectivity index (χ3v) is 3.66. The summed E-state index contributed by atoms with van der Waals surface area (Å²) in [6, 6.07) is -3.93. The van der Waals surface area contributed by atoms with Crippen molar-refractivity contribution in [3.63, 3.8) is 0 Å². The molecule has 1 rings (SSSR count). The monoisotopic (exact) mass is 400 g/mol. The van der Waals surface area contributed by atoms with Crippen LogP contribution in [0, 0.1) is 0 Å². The molecule has 13 heteroatoms. The van der Waals surface area contributed by atoms with Gasteiger partial charge in [-0.2, -0.15) is 0 Å². The standard InChI is InChI=1S/C15H24N6O7/c1-7(23)12(16)15(28)20-9(2-8-3-17-6-19-8)14(27)21-10(5-22)13(26)18-4-11(24)25/h3,6-7,9-10,12,22-23H,2,4-5,16H2,1H3,(H,17,19)(H,18,26)(H,20,28)(H,21,27)(H,24,25). The number of aromatic amines is 1. The van der Waals surface area contributed by atoms with Crippen LogP contribution in [0.4, 0.5) is 0 Å². The molecule has 0 aromatic carbocycles. The van der Waals surface area contributed by atoms with Gasteiger partial charge in [0.05, 0.1) is 19.0 Å². The largest absolute Gasteiger partial charge is 0.480 e. The van der Waals surface area contributed by atoms with Gasteiger partial charge in [0.25, 0.3) is 0 Å². The second-order valence-electron chi connectivity index (χ2n) is 5.96. The van der Waals surface area contributed by atoms with E-state index in [4.69, 9.17) is 10.8 Å². The van der Waals surface area contributed by atoms with Gasteiger partial charge in [-0.05, 0) is 6.92 Å². The minimum absolute atomic E-state index is 0.0427. The first-order valence-corrected chi connectivity index (χ1v) is 8.27. The van der Waals surface area contributed by atoms with Gasteiger partial charge >= 0.3 is 5.97 Å². The summed E-state index contributed by atoms with van der Waals surface area (Å²) in [4.78, 5) is 53.6. The van der Waals surface area contributed by atoms with E-state index >= 15 is 0 Å². The molecule has 1 aromatic rings. The number of imidazole rings is 1. The van der Waals surface area contributed by atoms with E-state index in [0.717, 1.165) is 0 Å². The number of amides is 3. The number of nitrogens with one attached hydrogen (secondary N) is 4. The number of aliphatic hydroxyl groups is 2. The molecule has 4 atom stereocenters. The molecular formula is C15H24N6O7. The van der Waals surface area contributed by atoms with Gasteiger partial charge in [0.1, 0.15) is 24.7 Å². The minimum Gasteiger partial charge on any atom is -0.480 e. The molecular weight excluding hydrogens is 376 g/mol. The normalized spacial score (nSPS) is 15.0. The zero-order chi connectivity index (χ0) is 21.3. The lowest BCUT2D eigenvalue weighted by atomic mass is 10.1. The fraction of sp³-hybridized carbons (Fsp3) is 0.533. The van der Waals surface area contributed by atoms with Crippen LogP contribution in [0.5, 0.6) is 0 Å². The first-order chi connectivity index (χ1) is 13.1. The van der Waals surface area contributed by atoms with Crippen molar-refractivity contribution in [3.05, 3.63) is 18.2 Å². The number of nitrogens with zero attached hydrogens (tertiary/aromatic N) is 1. The molecule has 0 radical (unpaired) electrons. The molecule has 0 bridgehead atoms. The Labute approximate surface area is 159 Å². The van der Waals surface area contributed by atoms with E-state index in [1.807, 2.05) is 5.32 Å². The van der Waals surface area contributed by atoms with E-state index in [9.17, 15) is 29.4 Å². The number of aliphatic carboxylic acids is 1. The van der Waals surface area contributed by atoms with E-state index in [-0.39, 0.29) is 6.42 Å². The van der Waals surface area contributed by atoms with Gasteiger partial charge in [-0.3, -0.25) is 19.2 Å². The molecule has 1 aromatic heterocycles. The Morgan fingerprint density at radius 1 is 1.18 bits per heavy atom. The summed E-state index contributed by atoms with van der Waals surface area (Å²) in [5.41, 5.74) is 6.04. The summed E-state index contributed by atoms with van der Waals surface area (Å²) in [6.07, 6.45) is 1.58. The number of carbonyl (C=O) groups excluding carboxylic acids is 3. The number of nitrogens with two attached hydrogens (primary N) is 1. The van der Waals surface area contributed by atoms with Crippen molar-refractivity contribution < 1.29 is 34.5 Å². The summed E-state index contributed by atoms with van der Waals surface area (Å²) >= 11 is 0. The van der Waals surface area contributed by atoms with E-state index in [1.54, 1.807) is 0 Å². The van der Waals surface area contributed by atoms with Crippen molar-refractivity contribution in [1.29, 1.82) is 0 Å². The molecule has 13 nitrogen and oxygen atoms in total. The van der Waals surface area contributed by atoms with Crippen LogP contribution in [-0.2, 0) is 25.6 Å². The lowest BCUT2D eigenvalue weighted by Crippen LogP contribution is -2.58. The Balaban J connectivity index is 2.85. The number of aliphatic hydroxyl groups excluding tert-OH is 2. The Bertz CT molecular complexity index is 678. The molecule has 0 fully saturated rings. The summed E-state index contributed by atoms with van der Waals surface area (Å²) in [7, 11) is 0. The zero-order valence-corrected chi connectivity index (χ0v) is 15.1. The lowest BCUT2D eigenvalue weighted by Gasteiger charge is -2.23. The SMILES string of the molecule is CC(O)C(N)C(=O)NC(Cc1cnc[nH]1)C(=O)NC(CO)C(=O)NCC(=O)O. The third kappa shape index (κ3) is 7.30. The molecule has 9 N–H and O–H groups in total. The molecule has 4 unspecified atom stereocenters. The summed E-state index contributed by atoms with van der Waals surface area (Å²) in [5.74, 6) is -3.84. The number of carboxylic acid groups (broad SMARTS) is 1. The van der Waals surface area contributed by atoms with Crippen molar-refractivity contribution >= 4 is 23.7 Å². The second kappa shape index (κ2) is 11.0. The highest BCUT2D eigenvalue weighted by Crippen LogP contribution is 2.01. The highest BCUT2D eigenvalue weighted by atomic mass is 16.4. The zero-order valence-electron chi connectivity index (χ0n) is 15.1. The number of carboxylic acids is 1. The summed E-state index contributed by atoms with van der Waals surface area (Å²) in [5, 5.41) is 33.9. The third-order valence-electron chi connectivity index (χ3n) is 3.66. The van der Waals surface area contributed by atoms with Crippen molar-refractivity contribution in [2.45, 2.75) is 37.6 Å². The van der Waals surface area contributed by atoms with E-state index in [0.29, 0.717) is 5.69 Å². The number of hydrogen-bond donors (Lipinski definition) is 8. The molecule has 0 spiro atoms. The molecule has 0 aliphatic rings. The lowest BCUT2D eigenvalue weighted by molar-refractivity contribution is -0.139. The molecule has 1 heterocycles. The van der Waals surface area contributed by atoms with Gasteiger partial charge < -0.3 is 42.0 Å². The van der Waals surface area contributed by atoms with Gasteiger partial charge in [0.2, 0.25) is 17.7 Å². The van der Waals surface area contributed by atoms with Crippen molar-refractivity contribution in [1.82, 2.24) is 25.9 Å². The average Bonchev–Trinajstić information content (AvgIpc) is 3.15. The Hall–Kier alpha value is -3.03. The van der Waals surface area contributed by atoms with E-state index in [2.05, 4.69) is 20.6 Å². The maximum absolute atomic E-state index is 12.5. The van der Waals surface area contributed by atoms with Crippen LogP contribution in [0.1, 0.15) is 12.6 Å². The van der Waals surface area contributed by atoms with E-state index < -0.39 is 61.1 Å². The van der Waals surface area contributed by atoms with E-state index in [1.165, 1.54) is 19.4 Å². The van der Waals surface area contributed by atoms with Gasteiger partial charge in [-0.1, -0.05) is 0 Å². The van der Waals surface area contributed by atoms with Crippen molar-refractivity contribution in [2.24, 2.45) is 5.73 Å². The Morgan fingerprint density at radius 2 is 1.82 bits per heavy atom. The van der Waals surface area contributed by atoms with Crippen molar-refractivity contribution in [3.8, 4) is 0 Å². The maximum atomic E-state index is 12.5. The minimum atomic E-state index is -1.43. The quantitative estimate of drug-likeness (QED) is 0.180. The fourth-order valence-corrected chi connectivity index (χ4v) is 2.06. The van der Waals surface area contributed by atoms with Crippen LogP contribution in [0.25, 0.3) is 0 Å². The van der Waals surface area contributed by atoms with Crippen LogP contribution < -0.4 is 21.7 Å². The van der Waals surface area contributed by atoms with Gasteiger partial charge in [0, 0.05) is 18.3 Å². The second-order valence-corrected chi connectivity index (χ2v) is 5.96. The average molecular weight is 400 g/mol. The highest BCUT2D eigenvalue weighted by Gasteiger charge is 2.29. The Morgan fingerprint density at radius 3 is 2.32 bits per heavy atom. The molecule has 3 amide bonds. The number of H-pyrrole nitrogens is 1. The first kappa shape index (κ1) is 23.0. The smallest absolute Gasteiger partial charge is 0.322 e. The van der Waals surface area contributed by atoms with Gasteiger partial charge in [0.15, 0.2) is 0 Å². The predicted octanol–water partition coefficient (Wildman–Crippen LogP) is -4.18. The fourth-order valence-electron chi connectivity index (χ4n) is 2.06. The highest BCUT2D eigenvalue weighted by molar-refractivity contribution is 5.93. The van der Waals surface area contributed by atoms with Crippen LogP contribution >= 0.6 is 0 Å². The molecule has 156 valence electrons. The predicted molar refractivity (Wildman–Crippen MR) is 93.5 cm³/mol. The molecule has 0 saturated heterocycles. The van der Waals surface area contributed by atoms with Gasteiger partial charge in [-0.25, -0.2) is 4.98 Å². The Kier molecular flexibility index (Phi) is 9.01. The van der Waals surface area contributed by atoms with Gasteiger partial charge in [-0.15, -0.1) is 0 Å². The maximum Gasteiger partial charge on any atom is 0.322 e.